The fourth-order valence-corrected chi connectivity index (χ4v) is 2.93. The third kappa shape index (κ3) is 3.74. The van der Waals surface area contributed by atoms with Crippen LogP contribution in [-0.4, -0.2) is 15.8 Å². The molecule has 0 saturated heterocycles. The van der Waals surface area contributed by atoms with E-state index in [1.807, 2.05) is 6.20 Å². The highest BCUT2D eigenvalue weighted by molar-refractivity contribution is 9.10. The number of hydrogen-bond acceptors (Lipinski definition) is 2. The standard InChI is InChI=1S/C17H22BrN3/c1-12(2)17-14(9-19-16-7-8-16)10-20-21(17)11-13-3-5-15(18)6-4-13/h3-6,10,12,16,19H,7-9,11H2,1-2H3. The van der Waals surface area contributed by atoms with Crippen molar-refractivity contribution in [3.8, 4) is 0 Å². The predicted octanol–water partition coefficient (Wildman–Crippen LogP) is 4.07. The summed E-state index contributed by atoms with van der Waals surface area (Å²) < 4.78 is 3.27. The summed E-state index contributed by atoms with van der Waals surface area (Å²) in [5, 5.41) is 8.21. The van der Waals surface area contributed by atoms with E-state index in [1.54, 1.807) is 0 Å². The molecule has 1 aliphatic rings. The molecule has 1 heterocycles. The zero-order chi connectivity index (χ0) is 14.8. The normalized spacial score (nSPS) is 14.9. The van der Waals surface area contributed by atoms with Crippen LogP contribution in [0.15, 0.2) is 34.9 Å². The van der Waals surface area contributed by atoms with Crippen LogP contribution in [0.25, 0.3) is 0 Å². The van der Waals surface area contributed by atoms with Crippen LogP contribution in [0.2, 0.25) is 0 Å². The van der Waals surface area contributed by atoms with Gasteiger partial charge in [0, 0.05) is 28.3 Å². The smallest absolute Gasteiger partial charge is 0.0662 e. The van der Waals surface area contributed by atoms with Gasteiger partial charge in [-0.1, -0.05) is 41.9 Å². The summed E-state index contributed by atoms with van der Waals surface area (Å²) in [7, 11) is 0. The summed E-state index contributed by atoms with van der Waals surface area (Å²) in [4.78, 5) is 0. The molecule has 1 aromatic heterocycles. The van der Waals surface area contributed by atoms with Crippen LogP contribution in [0, 0.1) is 0 Å². The Morgan fingerprint density at radius 1 is 1.29 bits per heavy atom. The average molecular weight is 348 g/mol. The molecule has 21 heavy (non-hydrogen) atoms. The fourth-order valence-electron chi connectivity index (χ4n) is 2.67. The quantitative estimate of drug-likeness (QED) is 0.853. The summed E-state index contributed by atoms with van der Waals surface area (Å²) in [6.45, 7) is 6.27. The molecule has 3 rings (SSSR count). The third-order valence-corrected chi connectivity index (χ3v) is 4.44. The van der Waals surface area contributed by atoms with Gasteiger partial charge in [-0.2, -0.15) is 5.10 Å². The van der Waals surface area contributed by atoms with Gasteiger partial charge in [0.2, 0.25) is 0 Å². The highest BCUT2D eigenvalue weighted by Gasteiger charge is 2.22. The number of benzene rings is 1. The second kappa shape index (κ2) is 6.32. The van der Waals surface area contributed by atoms with E-state index in [9.17, 15) is 0 Å². The highest BCUT2D eigenvalue weighted by Crippen LogP contribution is 2.23. The minimum Gasteiger partial charge on any atom is -0.310 e. The lowest BCUT2D eigenvalue weighted by molar-refractivity contribution is 0.606. The largest absolute Gasteiger partial charge is 0.310 e. The molecule has 0 bridgehead atoms. The summed E-state index contributed by atoms with van der Waals surface area (Å²) in [6, 6.07) is 9.21. The number of rotatable bonds is 6. The summed E-state index contributed by atoms with van der Waals surface area (Å²) >= 11 is 3.48. The van der Waals surface area contributed by atoms with Crippen molar-refractivity contribution in [1.82, 2.24) is 15.1 Å². The predicted molar refractivity (Wildman–Crippen MR) is 89.4 cm³/mol. The molecule has 2 aromatic rings. The van der Waals surface area contributed by atoms with E-state index in [0.29, 0.717) is 5.92 Å². The lowest BCUT2D eigenvalue weighted by Gasteiger charge is -2.13. The number of hydrogen-bond donors (Lipinski definition) is 1. The lowest BCUT2D eigenvalue weighted by Crippen LogP contribution is -2.17. The van der Waals surface area contributed by atoms with Crippen LogP contribution in [0.4, 0.5) is 0 Å². The van der Waals surface area contributed by atoms with Gasteiger partial charge < -0.3 is 5.32 Å². The minimum absolute atomic E-state index is 0.485. The van der Waals surface area contributed by atoms with Gasteiger partial charge in [-0.25, -0.2) is 0 Å². The first kappa shape index (κ1) is 14.8. The highest BCUT2D eigenvalue weighted by atomic mass is 79.9. The molecular weight excluding hydrogens is 326 g/mol. The van der Waals surface area contributed by atoms with Gasteiger partial charge in [0.1, 0.15) is 0 Å². The monoisotopic (exact) mass is 347 g/mol. The Kier molecular flexibility index (Phi) is 4.45. The van der Waals surface area contributed by atoms with E-state index in [-0.39, 0.29) is 0 Å². The average Bonchev–Trinajstić information content (AvgIpc) is 3.20. The molecule has 0 atom stereocenters. The van der Waals surface area contributed by atoms with Crippen molar-refractivity contribution in [1.29, 1.82) is 0 Å². The second-order valence-corrected chi connectivity index (χ2v) is 7.06. The van der Waals surface area contributed by atoms with Crippen LogP contribution >= 0.6 is 15.9 Å². The van der Waals surface area contributed by atoms with E-state index in [1.165, 1.54) is 29.7 Å². The van der Waals surface area contributed by atoms with Crippen molar-refractivity contribution in [2.75, 3.05) is 0 Å². The Morgan fingerprint density at radius 2 is 2.00 bits per heavy atom. The molecule has 1 aromatic carbocycles. The fraction of sp³-hybridized carbons (Fsp3) is 0.471. The van der Waals surface area contributed by atoms with E-state index >= 15 is 0 Å². The van der Waals surface area contributed by atoms with E-state index in [4.69, 9.17) is 0 Å². The van der Waals surface area contributed by atoms with Crippen molar-refractivity contribution in [2.45, 2.75) is 51.7 Å². The van der Waals surface area contributed by atoms with E-state index in [0.717, 1.165) is 23.6 Å². The zero-order valence-corrected chi connectivity index (χ0v) is 14.2. The topological polar surface area (TPSA) is 29.9 Å². The maximum absolute atomic E-state index is 4.62. The molecule has 0 aliphatic heterocycles. The van der Waals surface area contributed by atoms with Gasteiger partial charge >= 0.3 is 0 Å². The molecule has 1 fully saturated rings. The molecule has 1 aliphatic carbocycles. The van der Waals surface area contributed by atoms with Crippen molar-refractivity contribution < 1.29 is 0 Å². The number of nitrogens with zero attached hydrogens (tertiary/aromatic N) is 2. The zero-order valence-electron chi connectivity index (χ0n) is 12.6. The summed E-state index contributed by atoms with van der Waals surface area (Å²) in [5.74, 6) is 0.485. The Hall–Kier alpha value is -1.13. The van der Waals surface area contributed by atoms with E-state index < -0.39 is 0 Å². The Bertz CT molecular complexity index is 597. The van der Waals surface area contributed by atoms with Crippen molar-refractivity contribution in [3.63, 3.8) is 0 Å². The van der Waals surface area contributed by atoms with Gasteiger partial charge in [0.15, 0.2) is 0 Å². The lowest BCUT2D eigenvalue weighted by atomic mass is 10.1. The van der Waals surface area contributed by atoms with Crippen molar-refractivity contribution >= 4 is 15.9 Å². The summed E-state index contributed by atoms with van der Waals surface area (Å²) in [5.41, 5.74) is 3.98. The second-order valence-electron chi connectivity index (χ2n) is 6.15. The molecule has 1 N–H and O–H groups in total. The van der Waals surface area contributed by atoms with Crippen LogP contribution in [0.3, 0.4) is 0 Å². The van der Waals surface area contributed by atoms with Crippen molar-refractivity contribution in [2.24, 2.45) is 0 Å². The van der Waals surface area contributed by atoms with Crippen LogP contribution in [0.1, 0.15) is 49.4 Å². The van der Waals surface area contributed by atoms with Crippen LogP contribution < -0.4 is 5.32 Å². The number of halogens is 1. The molecule has 0 spiro atoms. The molecular formula is C17H22BrN3. The first-order chi connectivity index (χ1) is 10.1. The third-order valence-electron chi connectivity index (χ3n) is 3.91. The molecule has 0 radical (unpaired) electrons. The summed E-state index contributed by atoms with van der Waals surface area (Å²) in [6.07, 6.45) is 4.68. The number of aromatic nitrogens is 2. The first-order valence-electron chi connectivity index (χ1n) is 7.66. The molecule has 112 valence electrons. The van der Waals surface area contributed by atoms with Crippen LogP contribution in [-0.2, 0) is 13.1 Å². The first-order valence-corrected chi connectivity index (χ1v) is 8.45. The minimum atomic E-state index is 0.485. The van der Waals surface area contributed by atoms with Crippen LogP contribution in [0.5, 0.6) is 0 Å². The molecule has 1 saturated carbocycles. The maximum Gasteiger partial charge on any atom is 0.0662 e. The Labute approximate surface area is 134 Å². The molecule has 0 unspecified atom stereocenters. The van der Waals surface area contributed by atoms with E-state index in [2.05, 4.69) is 69.1 Å². The molecule has 0 amide bonds. The van der Waals surface area contributed by atoms with Gasteiger partial charge in [-0.05, 0) is 36.5 Å². The van der Waals surface area contributed by atoms with Crippen molar-refractivity contribution in [3.05, 3.63) is 51.8 Å². The van der Waals surface area contributed by atoms with Gasteiger partial charge in [-0.3, -0.25) is 4.68 Å². The Balaban J connectivity index is 1.78. The molecule has 3 nitrogen and oxygen atoms in total. The number of nitrogens with one attached hydrogen (secondary N) is 1. The Morgan fingerprint density at radius 3 is 2.62 bits per heavy atom. The SMILES string of the molecule is CC(C)c1c(CNC2CC2)cnn1Cc1ccc(Br)cc1. The van der Waals surface area contributed by atoms with Gasteiger partial charge in [0.25, 0.3) is 0 Å². The maximum atomic E-state index is 4.62. The molecule has 4 heteroatoms. The van der Waals surface area contributed by atoms with Gasteiger partial charge in [0.05, 0.1) is 12.7 Å². The van der Waals surface area contributed by atoms with Gasteiger partial charge in [-0.15, -0.1) is 0 Å².